The Bertz CT molecular complexity index is 273. The van der Waals surface area contributed by atoms with Crippen LogP contribution < -0.4 is 5.32 Å². The smallest absolute Gasteiger partial charge is 0.269 e. The predicted octanol–water partition coefficient (Wildman–Crippen LogP) is 1.17. The van der Waals surface area contributed by atoms with Crippen molar-refractivity contribution in [1.29, 1.82) is 0 Å². The molecule has 72 valence electrons. The summed E-state index contributed by atoms with van der Waals surface area (Å²) in [7, 11) is 1.57. The molecule has 0 saturated heterocycles. The van der Waals surface area contributed by atoms with E-state index in [-0.39, 0.29) is 5.91 Å². The molecule has 0 bridgehead atoms. The van der Waals surface area contributed by atoms with Gasteiger partial charge in [0.05, 0.1) is 0 Å². The summed E-state index contributed by atoms with van der Waals surface area (Å²) >= 11 is 0. The van der Waals surface area contributed by atoms with E-state index in [0.717, 1.165) is 0 Å². The lowest BCUT2D eigenvalue weighted by atomic mass is 10.4. The van der Waals surface area contributed by atoms with Gasteiger partial charge in [0.15, 0.2) is 0 Å². The number of carbonyl (C=O) groups is 1. The lowest BCUT2D eigenvalue weighted by molar-refractivity contribution is 0.0957. The van der Waals surface area contributed by atoms with E-state index in [1.165, 1.54) is 0 Å². The van der Waals surface area contributed by atoms with Crippen LogP contribution in [0.2, 0.25) is 0 Å². The number of aryl methyl sites for hydroxylation is 1. The van der Waals surface area contributed by atoms with Gasteiger partial charge in [0.25, 0.3) is 5.91 Å². The molecule has 0 aromatic carbocycles. The maximum absolute atomic E-state index is 11.0. The molecule has 0 aliphatic heterocycles. The molecule has 0 aliphatic rings. The number of carbonyl (C=O) groups excluding carboxylic acids is 1. The summed E-state index contributed by atoms with van der Waals surface area (Å²) in [5.74, 6) is 0.418. The minimum Gasteiger partial charge on any atom is -0.354 e. The Morgan fingerprint density at radius 2 is 2.08 bits per heavy atom. The molecule has 1 amide bonds. The minimum absolute atomic E-state index is 0.185. The molecule has 1 rings (SSSR count). The summed E-state index contributed by atoms with van der Waals surface area (Å²) < 4.78 is 0. The minimum atomic E-state index is -0.185. The first-order valence-electron chi connectivity index (χ1n) is 4.26. The molecular formula is C9H15N3O. The summed E-state index contributed by atoms with van der Waals surface area (Å²) in [6, 6.07) is 1.58. The van der Waals surface area contributed by atoms with Gasteiger partial charge in [0, 0.05) is 13.2 Å². The van der Waals surface area contributed by atoms with Crippen molar-refractivity contribution in [3.8, 4) is 0 Å². The third-order valence-corrected chi connectivity index (χ3v) is 1.24. The second-order valence-corrected chi connectivity index (χ2v) is 2.07. The lowest BCUT2D eigenvalue weighted by Gasteiger charge is -1.97. The van der Waals surface area contributed by atoms with Gasteiger partial charge in [-0.2, -0.15) is 0 Å². The van der Waals surface area contributed by atoms with Crippen molar-refractivity contribution in [2.24, 2.45) is 0 Å². The van der Waals surface area contributed by atoms with E-state index in [2.05, 4.69) is 15.3 Å². The number of rotatable bonds is 1. The quantitative estimate of drug-likeness (QED) is 0.707. The van der Waals surface area contributed by atoms with Crippen LogP contribution >= 0.6 is 0 Å². The van der Waals surface area contributed by atoms with Crippen LogP contribution in [0.3, 0.4) is 0 Å². The van der Waals surface area contributed by atoms with Crippen molar-refractivity contribution in [3.05, 3.63) is 23.8 Å². The third-order valence-electron chi connectivity index (χ3n) is 1.24. The van der Waals surface area contributed by atoms with Gasteiger partial charge in [-0.15, -0.1) is 0 Å². The van der Waals surface area contributed by atoms with Crippen molar-refractivity contribution >= 4 is 5.91 Å². The highest BCUT2D eigenvalue weighted by atomic mass is 16.1. The Labute approximate surface area is 78.4 Å². The van der Waals surface area contributed by atoms with Crippen LogP contribution in [0, 0.1) is 6.92 Å². The summed E-state index contributed by atoms with van der Waals surface area (Å²) in [5, 5.41) is 2.48. The standard InChI is InChI=1S/C7H9N3O.C2H6/c1-5-9-4-3-6(10-5)7(11)8-2;1-2/h3-4H,1-2H3,(H,8,11);1-2H3. The molecule has 0 unspecified atom stereocenters. The lowest BCUT2D eigenvalue weighted by Crippen LogP contribution is -2.19. The maximum Gasteiger partial charge on any atom is 0.269 e. The van der Waals surface area contributed by atoms with Crippen LogP contribution in [-0.2, 0) is 0 Å². The molecule has 4 heteroatoms. The number of hydrogen-bond donors (Lipinski definition) is 1. The van der Waals surface area contributed by atoms with E-state index in [0.29, 0.717) is 11.5 Å². The molecule has 13 heavy (non-hydrogen) atoms. The van der Waals surface area contributed by atoms with Gasteiger partial charge in [-0.25, -0.2) is 9.97 Å². The van der Waals surface area contributed by atoms with Crippen molar-refractivity contribution in [2.45, 2.75) is 20.8 Å². The number of hydrogen-bond acceptors (Lipinski definition) is 3. The van der Waals surface area contributed by atoms with Gasteiger partial charge in [-0.1, -0.05) is 13.8 Å². The molecule has 1 aromatic rings. The van der Waals surface area contributed by atoms with E-state index < -0.39 is 0 Å². The normalized spacial score (nSPS) is 8.31. The summed E-state index contributed by atoms with van der Waals surface area (Å²) in [5.41, 5.74) is 0.403. The molecule has 0 fully saturated rings. The molecule has 0 spiro atoms. The second-order valence-electron chi connectivity index (χ2n) is 2.07. The van der Waals surface area contributed by atoms with Gasteiger partial charge in [0.1, 0.15) is 11.5 Å². The Hall–Kier alpha value is -1.45. The number of nitrogens with zero attached hydrogens (tertiary/aromatic N) is 2. The van der Waals surface area contributed by atoms with Crippen molar-refractivity contribution in [2.75, 3.05) is 7.05 Å². The monoisotopic (exact) mass is 181 g/mol. The van der Waals surface area contributed by atoms with Gasteiger partial charge in [-0.3, -0.25) is 4.79 Å². The Morgan fingerprint density at radius 3 is 2.54 bits per heavy atom. The van der Waals surface area contributed by atoms with Crippen molar-refractivity contribution in [3.63, 3.8) is 0 Å². The predicted molar refractivity (Wildman–Crippen MR) is 51.5 cm³/mol. The highest BCUT2D eigenvalue weighted by Crippen LogP contribution is 1.92. The molecule has 4 nitrogen and oxygen atoms in total. The van der Waals surface area contributed by atoms with Crippen molar-refractivity contribution < 1.29 is 4.79 Å². The average molecular weight is 181 g/mol. The van der Waals surface area contributed by atoms with E-state index in [9.17, 15) is 4.79 Å². The summed E-state index contributed by atoms with van der Waals surface area (Å²) in [6.07, 6.45) is 1.56. The van der Waals surface area contributed by atoms with Gasteiger partial charge < -0.3 is 5.32 Å². The highest BCUT2D eigenvalue weighted by molar-refractivity contribution is 5.91. The average Bonchev–Trinajstić information content (AvgIpc) is 2.20. The number of aromatic nitrogens is 2. The topological polar surface area (TPSA) is 54.9 Å². The van der Waals surface area contributed by atoms with Crippen LogP contribution in [0.4, 0.5) is 0 Å². The molecule has 0 aliphatic carbocycles. The van der Waals surface area contributed by atoms with E-state index in [1.807, 2.05) is 13.8 Å². The van der Waals surface area contributed by atoms with E-state index in [1.54, 1.807) is 26.2 Å². The highest BCUT2D eigenvalue weighted by Gasteiger charge is 2.02. The fraction of sp³-hybridized carbons (Fsp3) is 0.444. The zero-order valence-corrected chi connectivity index (χ0v) is 8.46. The second kappa shape index (κ2) is 6.11. The van der Waals surface area contributed by atoms with Crippen LogP contribution in [0.5, 0.6) is 0 Å². The Morgan fingerprint density at radius 1 is 1.46 bits per heavy atom. The molecule has 1 N–H and O–H groups in total. The SMILES string of the molecule is CC.CNC(=O)c1ccnc(C)n1. The van der Waals surface area contributed by atoms with Gasteiger partial charge in [0.2, 0.25) is 0 Å². The molecule has 0 atom stereocenters. The van der Waals surface area contributed by atoms with Crippen molar-refractivity contribution in [1.82, 2.24) is 15.3 Å². The molecule has 0 saturated carbocycles. The zero-order chi connectivity index (χ0) is 10.3. The molecule has 1 aromatic heterocycles. The van der Waals surface area contributed by atoms with Gasteiger partial charge in [-0.05, 0) is 13.0 Å². The molecule has 0 radical (unpaired) electrons. The fourth-order valence-corrected chi connectivity index (χ4v) is 0.711. The first kappa shape index (κ1) is 11.6. The largest absolute Gasteiger partial charge is 0.354 e. The van der Waals surface area contributed by atoms with Crippen LogP contribution in [0.25, 0.3) is 0 Å². The molecular weight excluding hydrogens is 166 g/mol. The first-order chi connectivity index (χ1) is 6.24. The maximum atomic E-state index is 11.0. The van der Waals surface area contributed by atoms with Crippen LogP contribution in [0.15, 0.2) is 12.3 Å². The molecule has 1 heterocycles. The van der Waals surface area contributed by atoms with Gasteiger partial charge >= 0.3 is 0 Å². The third kappa shape index (κ3) is 3.64. The summed E-state index contributed by atoms with van der Waals surface area (Å²) in [4.78, 5) is 18.8. The fourth-order valence-electron chi connectivity index (χ4n) is 0.711. The number of amides is 1. The number of nitrogens with one attached hydrogen (secondary N) is 1. The zero-order valence-electron chi connectivity index (χ0n) is 8.46. The summed E-state index contributed by atoms with van der Waals surface area (Å²) in [6.45, 7) is 5.74. The van der Waals surface area contributed by atoms with Crippen LogP contribution in [0.1, 0.15) is 30.2 Å². The first-order valence-corrected chi connectivity index (χ1v) is 4.26. The van der Waals surface area contributed by atoms with E-state index in [4.69, 9.17) is 0 Å². The Kier molecular flexibility index (Phi) is 5.43. The Balaban J connectivity index is 0.000000671. The van der Waals surface area contributed by atoms with E-state index >= 15 is 0 Å². The van der Waals surface area contributed by atoms with Crippen LogP contribution in [-0.4, -0.2) is 22.9 Å².